The third-order valence-electron chi connectivity index (χ3n) is 4.64. The second-order valence-electron chi connectivity index (χ2n) is 6.40. The van der Waals surface area contributed by atoms with Gasteiger partial charge in [-0.2, -0.15) is 0 Å². The summed E-state index contributed by atoms with van der Waals surface area (Å²) in [5.41, 5.74) is 0. The number of rotatable bonds is 6. The summed E-state index contributed by atoms with van der Waals surface area (Å²) in [6, 6.07) is 0. The standard InChI is InChI=1S/C15H28O10/c1-3-6-9(16)12(19)11(18)8(24-6)5-23-15-14(21)13(20)10(17)7(25-15)4-22-2/h6-21H,3-5H2,1-2H3/t6-,7?,8?,9?,10-,11-,12-,13+,14?,15+/m1/s1. The van der Waals surface area contributed by atoms with Crippen molar-refractivity contribution in [3.8, 4) is 0 Å². The van der Waals surface area contributed by atoms with Gasteiger partial charge in [0.05, 0.1) is 19.3 Å². The topological polar surface area (TPSA) is 158 Å². The normalized spacial score (nSPS) is 48.5. The van der Waals surface area contributed by atoms with Gasteiger partial charge in [-0.25, -0.2) is 0 Å². The molecule has 0 aromatic heterocycles. The lowest BCUT2D eigenvalue weighted by atomic mass is 9.94. The molecule has 0 amide bonds. The highest BCUT2D eigenvalue weighted by atomic mass is 16.7. The van der Waals surface area contributed by atoms with Crippen LogP contribution in [0.1, 0.15) is 13.3 Å². The van der Waals surface area contributed by atoms with Gasteiger partial charge in [-0.3, -0.25) is 0 Å². The second-order valence-corrected chi connectivity index (χ2v) is 6.40. The van der Waals surface area contributed by atoms with E-state index in [2.05, 4.69) is 0 Å². The number of hydrogen-bond acceptors (Lipinski definition) is 10. The smallest absolute Gasteiger partial charge is 0.186 e. The molecule has 0 bridgehead atoms. The van der Waals surface area contributed by atoms with E-state index in [-0.39, 0.29) is 13.2 Å². The summed E-state index contributed by atoms with van der Waals surface area (Å²) in [5, 5.41) is 59.5. The molecule has 2 fully saturated rings. The maximum absolute atomic E-state index is 10.0. The predicted molar refractivity (Wildman–Crippen MR) is 81.5 cm³/mol. The molecule has 25 heavy (non-hydrogen) atoms. The molecule has 2 aliphatic rings. The lowest BCUT2D eigenvalue weighted by Gasteiger charge is -2.43. The molecule has 2 heterocycles. The number of aliphatic hydroxyl groups excluding tert-OH is 6. The van der Waals surface area contributed by atoms with E-state index in [1.165, 1.54) is 7.11 Å². The molecule has 0 saturated carbocycles. The molecular formula is C15H28O10. The fraction of sp³-hybridized carbons (Fsp3) is 1.00. The maximum Gasteiger partial charge on any atom is 0.186 e. The van der Waals surface area contributed by atoms with E-state index in [9.17, 15) is 30.6 Å². The first-order valence-corrected chi connectivity index (χ1v) is 8.31. The Labute approximate surface area is 145 Å². The van der Waals surface area contributed by atoms with Crippen molar-refractivity contribution in [2.75, 3.05) is 20.3 Å². The molecule has 0 aromatic rings. The first-order chi connectivity index (χ1) is 11.8. The molecule has 0 aromatic carbocycles. The molecule has 0 aliphatic carbocycles. The third-order valence-corrected chi connectivity index (χ3v) is 4.64. The maximum atomic E-state index is 10.0. The van der Waals surface area contributed by atoms with Crippen molar-refractivity contribution in [3.05, 3.63) is 0 Å². The Kier molecular flexibility index (Phi) is 7.52. The lowest BCUT2D eigenvalue weighted by molar-refractivity contribution is -0.314. The van der Waals surface area contributed by atoms with Crippen molar-refractivity contribution in [3.63, 3.8) is 0 Å². The Morgan fingerprint density at radius 2 is 1.20 bits per heavy atom. The fourth-order valence-electron chi connectivity index (χ4n) is 3.05. The van der Waals surface area contributed by atoms with Crippen molar-refractivity contribution in [1.29, 1.82) is 0 Å². The summed E-state index contributed by atoms with van der Waals surface area (Å²) < 4.78 is 21.2. The van der Waals surface area contributed by atoms with E-state index < -0.39 is 61.2 Å². The summed E-state index contributed by atoms with van der Waals surface area (Å²) >= 11 is 0. The van der Waals surface area contributed by atoms with Gasteiger partial charge in [-0.05, 0) is 6.42 Å². The van der Waals surface area contributed by atoms with Crippen LogP contribution in [0.15, 0.2) is 0 Å². The minimum atomic E-state index is -1.51. The van der Waals surface area contributed by atoms with E-state index in [1.54, 1.807) is 6.92 Å². The van der Waals surface area contributed by atoms with Crippen molar-refractivity contribution in [1.82, 2.24) is 0 Å². The predicted octanol–water partition coefficient (Wildman–Crippen LogP) is -3.28. The molecule has 10 heteroatoms. The van der Waals surface area contributed by atoms with Crippen LogP contribution in [0.2, 0.25) is 0 Å². The first kappa shape index (κ1) is 20.9. The molecule has 10 nitrogen and oxygen atoms in total. The van der Waals surface area contributed by atoms with E-state index in [0.29, 0.717) is 6.42 Å². The van der Waals surface area contributed by atoms with Gasteiger partial charge in [-0.1, -0.05) is 6.92 Å². The zero-order chi connectivity index (χ0) is 18.7. The number of ether oxygens (including phenoxy) is 4. The quantitative estimate of drug-likeness (QED) is 0.281. The van der Waals surface area contributed by atoms with Crippen molar-refractivity contribution in [2.45, 2.75) is 74.6 Å². The van der Waals surface area contributed by atoms with Crippen LogP contribution in [0.4, 0.5) is 0 Å². The van der Waals surface area contributed by atoms with Gasteiger partial charge in [0, 0.05) is 7.11 Å². The van der Waals surface area contributed by atoms with E-state index in [0.717, 1.165) is 0 Å². The first-order valence-electron chi connectivity index (χ1n) is 8.31. The van der Waals surface area contributed by atoms with E-state index >= 15 is 0 Å². The Bertz CT molecular complexity index is 408. The molecule has 10 atom stereocenters. The Morgan fingerprint density at radius 3 is 1.76 bits per heavy atom. The average Bonchev–Trinajstić information content (AvgIpc) is 2.60. The number of hydrogen-bond donors (Lipinski definition) is 6. The molecule has 2 saturated heterocycles. The van der Waals surface area contributed by atoms with Crippen LogP contribution in [0, 0.1) is 0 Å². The second kappa shape index (κ2) is 9.00. The Hall–Kier alpha value is -0.400. The number of aliphatic hydroxyl groups is 6. The zero-order valence-electron chi connectivity index (χ0n) is 14.2. The van der Waals surface area contributed by atoms with Crippen LogP contribution in [0.25, 0.3) is 0 Å². The van der Waals surface area contributed by atoms with Gasteiger partial charge in [0.15, 0.2) is 6.29 Å². The summed E-state index contributed by atoms with van der Waals surface area (Å²) in [6.45, 7) is 1.49. The minimum absolute atomic E-state index is 0.0177. The monoisotopic (exact) mass is 368 g/mol. The molecule has 148 valence electrons. The Morgan fingerprint density at radius 1 is 0.680 bits per heavy atom. The van der Waals surface area contributed by atoms with Crippen LogP contribution in [0.3, 0.4) is 0 Å². The minimum Gasteiger partial charge on any atom is -0.388 e. The summed E-state index contributed by atoms with van der Waals surface area (Å²) in [5.74, 6) is 0. The van der Waals surface area contributed by atoms with Gasteiger partial charge < -0.3 is 49.6 Å². The SMILES string of the molecule is CC[C@H]1OC(CO[C@H]2OC(COC)[C@@H](O)[C@H](O)C2O)[C@@H](O)[C@H](O)C1O. The van der Waals surface area contributed by atoms with Gasteiger partial charge in [0.1, 0.15) is 48.8 Å². The summed E-state index contributed by atoms with van der Waals surface area (Å²) in [4.78, 5) is 0. The van der Waals surface area contributed by atoms with Gasteiger partial charge in [0.2, 0.25) is 0 Å². The van der Waals surface area contributed by atoms with Crippen LogP contribution in [-0.4, -0.2) is 112 Å². The molecule has 6 N–H and O–H groups in total. The van der Waals surface area contributed by atoms with Crippen LogP contribution < -0.4 is 0 Å². The average molecular weight is 368 g/mol. The zero-order valence-corrected chi connectivity index (χ0v) is 14.2. The van der Waals surface area contributed by atoms with E-state index in [1.807, 2.05) is 0 Å². The fourth-order valence-corrected chi connectivity index (χ4v) is 3.05. The summed E-state index contributed by atoms with van der Waals surface area (Å²) in [7, 11) is 1.40. The highest BCUT2D eigenvalue weighted by Gasteiger charge is 2.46. The molecule has 2 aliphatic heterocycles. The summed E-state index contributed by atoms with van der Waals surface area (Å²) in [6.07, 6.45) is -11.7. The molecule has 0 spiro atoms. The third kappa shape index (κ3) is 4.48. The lowest BCUT2D eigenvalue weighted by Crippen LogP contribution is -2.61. The largest absolute Gasteiger partial charge is 0.388 e. The number of methoxy groups -OCH3 is 1. The van der Waals surface area contributed by atoms with E-state index in [4.69, 9.17) is 18.9 Å². The molecule has 4 unspecified atom stereocenters. The Balaban J connectivity index is 1.96. The van der Waals surface area contributed by atoms with Crippen molar-refractivity contribution < 1.29 is 49.6 Å². The van der Waals surface area contributed by atoms with Crippen LogP contribution >= 0.6 is 0 Å². The van der Waals surface area contributed by atoms with Crippen LogP contribution in [0.5, 0.6) is 0 Å². The van der Waals surface area contributed by atoms with Gasteiger partial charge in [-0.15, -0.1) is 0 Å². The van der Waals surface area contributed by atoms with Gasteiger partial charge >= 0.3 is 0 Å². The molecule has 0 radical (unpaired) electrons. The molecule has 2 rings (SSSR count). The van der Waals surface area contributed by atoms with Gasteiger partial charge in [0.25, 0.3) is 0 Å². The van der Waals surface area contributed by atoms with Crippen molar-refractivity contribution in [2.24, 2.45) is 0 Å². The van der Waals surface area contributed by atoms with Crippen LogP contribution in [-0.2, 0) is 18.9 Å². The molecular weight excluding hydrogens is 340 g/mol. The highest BCUT2D eigenvalue weighted by molar-refractivity contribution is 4.93. The highest BCUT2D eigenvalue weighted by Crippen LogP contribution is 2.26. The van der Waals surface area contributed by atoms with Crippen molar-refractivity contribution >= 4 is 0 Å².